The van der Waals surface area contributed by atoms with E-state index in [1.807, 2.05) is 0 Å². The van der Waals surface area contributed by atoms with Gasteiger partial charge < -0.3 is 20.2 Å². The van der Waals surface area contributed by atoms with E-state index in [0.717, 1.165) is 6.07 Å². The maximum absolute atomic E-state index is 15.2. The Labute approximate surface area is 154 Å². The molecule has 2 aliphatic rings. The van der Waals surface area contributed by atoms with Crippen LogP contribution in [-0.2, 0) is 6.18 Å². The molecule has 3 heterocycles. The first-order chi connectivity index (χ1) is 12.6. The summed E-state index contributed by atoms with van der Waals surface area (Å²) in [5.74, 6) is -0.195. The Morgan fingerprint density at radius 2 is 1.70 bits per heavy atom. The van der Waals surface area contributed by atoms with Gasteiger partial charge in [-0.2, -0.15) is 13.2 Å². The van der Waals surface area contributed by atoms with E-state index in [1.165, 1.54) is 17.2 Å². The lowest BCUT2D eigenvalue weighted by atomic mass is 9.91. The monoisotopic (exact) mass is 393 g/mol. The number of aliphatic hydroxyl groups excluding tert-OH is 3. The number of rotatable bonds is 3. The van der Waals surface area contributed by atoms with Crippen molar-refractivity contribution >= 4 is 5.82 Å². The van der Waals surface area contributed by atoms with Gasteiger partial charge in [-0.3, -0.25) is 4.90 Å². The van der Waals surface area contributed by atoms with Crippen molar-refractivity contribution < 1.29 is 32.9 Å². The number of piperidine rings is 2. The average molecular weight is 393 g/mol. The van der Waals surface area contributed by atoms with Crippen LogP contribution in [0, 0.1) is 0 Å². The van der Waals surface area contributed by atoms with Crippen molar-refractivity contribution in [3.05, 3.63) is 23.9 Å². The number of nitrogens with zero attached hydrogens (tertiary/aromatic N) is 3. The molecule has 0 amide bonds. The number of likely N-dealkylation sites (tertiary alicyclic amines) is 1. The van der Waals surface area contributed by atoms with Crippen molar-refractivity contribution in [2.75, 3.05) is 37.6 Å². The molecule has 1 aromatic rings. The number of hydrogen-bond donors (Lipinski definition) is 3. The summed E-state index contributed by atoms with van der Waals surface area (Å²) in [5.41, 5.74) is -2.49. The maximum Gasteiger partial charge on any atom is 0.419 e. The van der Waals surface area contributed by atoms with Gasteiger partial charge in [0.2, 0.25) is 0 Å². The Balaban J connectivity index is 1.64. The fourth-order valence-electron chi connectivity index (χ4n) is 3.75. The smallest absolute Gasteiger partial charge is 0.389 e. The Morgan fingerprint density at radius 3 is 2.26 bits per heavy atom. The highest BCUT2D eigenvalue weighted by molar-refractivity contribution is 5.48. The van der Waals surface area contributed by atoms with Gasteiger partial charge in [-0.05, 0) is 12.1 Å². The van der Waals surface area contributed by atoms with Crippen molar-refractivity contribution in [2.45, 2.75) is 43.0 Å². The van der Waals surface area contributed by atoms with Crippen LogP contribution in [0.15, 0.2) is 18.3 Å². The summed E-state index contributed by atoms with van der Waals surface area (Å²) in [7, 11) is 0. The summed E-state index contributed by atoms with van der Waals surface area (Å²) < 4.78 is 54.7. The van der Waals surface area contributed by atoms with E-state index >= 15 is 4.39 Å². The van der Waals surface area contributed by atoms with Crippen molar-refractivity contribution in [1.82, 2.24) is 9.88 Å². The summed E-state index contributed by atoms with van der Waals surface area (Å²) >= 11 is 0. The van der Waals surface area contributed by atoms with Crippen LogP contribution < -0.4 is 4.90 Å². The lowest BCUT2D eigenvalue weighted by molar-refractivity contribution is -0.137. The molecule has 0 aromatic carbocycles. The third-order valence-corrected chi connectivity index (χ3v) is 5.24. The van der Waals surface area contributed by atoms with Gasteiger partial charge in [-0.25, -0.2) is 9.37 Å². The SMILES string of the molecule is O[C@H]1[C@H](O)CN(CC2(F)CCN(c3ncccc3C(F)(F)F)CC2)C[C@@H]1O. The highest BCUT2D eigenvalue weighted by Crippen LogP contribution is 2.37. The van der Waals surface area contributed by atoms with Crippen LogP contribution in [0.25, 0.3) is 0 Å². The molecule has 152 valence electrons. The predicted molar refractivity (Wildman–Crippen MR) is 89.0 cm³/mol. The molecule has 27 heavy (non-hydrogen) atoms. The maximum atomic E-state index is 15.2. The molecule has 1 aromatic heterocycles. The number of alkyl halides is 4. The molecule has 3 atom stereocenters. The first-order valence-electron chi connectivity index (χ1n) is 8.82. The molecule has 0 unspecified atom stereocenters. The zero-order valence-electron chi connectivity index (χ0n) is 14.6. The molecule has 0 radical (unpaired) electrons. The first kappa shape index (κ1) is 20.2. The van der Waals surface area contributed by atoms with Crippen molar-refractivity contribution in [1.29, 1.82) is 0 Å². The van der Waals surface area contributed by atoms with Crippen LogP contribution in [0.4, 0.5) is 23.4 Å². The zero-order chi connectivity index (χ0) is 19.8. The molecule has 2 aliphatic heterocycles. The standard InChI is InChI=1S/C17H23F4N3O3/c18-16(10-23-8-12(25)14(27)13(26)9-23)3-6-24(7-4-16)15-11(17(19,20)21)2-1-5-22-15/h1-2,5,12-14,25-27H,3-4,6-10H2/t12-,13+,14+. The summed E-state index contributed by atoms with van der Waals surface area (Å²) in [6.07, 6.45) is -6.83. The Kier molecular flexibility index (Phi) is 5.62. The van der Waals surface area contributed by atoms with Gasteiger partial charge in [0.15, 0.2) is 0 Å². The van der Waals surface area contributed by atoms with Gasteiger partial charge in [0.25, 0.3) is 0 Å². The number of pyridine rings is 1. The second kappa shape index (κ2) is 7.50. The van der Waals surface area contributed by atoms with E-state index in [-0.39, 0.29) is 51.4 Å². The van der Waals surface area contributed by atoms with Crippen molar-refractivity contribution in [3.63, 3.8) is 0 Å². The highest BCUT2D eigenvalue weighted by atomic mass is 19.4. The summed E-state index contributed by atoms with van der Waals surface area (Å²) in [4.78, 5) is 6.82. The Morgan fingerprint density at radius 1 is 1.11 bits per heavy atom. The number of aliphatic hydroxyl groups is 3. The van der Waals surface area contributed by atoms with Crippen LogP contribution >= 0.6 is 0 Å². The van der Waals surface area contributed by atoms with E-state index in [0.29, 0.717) is 0 Å². The quantitative estimate of drug-likeness (QED) is 0.660. The third-order valence-electron chi connectivity index (χ3n) is 5.24. The molecule has 3 N–H and O–H groups in total. The largest absolute Gasteiger partial charge is 0.419 e. The molecule has 2 fully saturated rings. The second-order valence-corrected chi connectivity index (χ2v) is 7.33. The molecule has 0 saturated carbocycles. The van der Waals surface area contributed by atoms with E-state index < -0.39 is 35.7 Å². The molecular weight excluding hydrogens is 370 g/mol. The van der Waals surface area contributed by atoms with Gasteiger partial charge in [-0.15, -0.1) is 0 Å². The summed E-state index contributed by atoms with van der Waals surface area (Å²) in [5, 5.41) is 29.0. The minimum absolute atomic E-state index is 0.00607. The zero-order valence-corrected chi connectivity index (χ0v) is 14.6. The van der Waals surface area contributed by atoms with Gasteiger partial charge in [0, 0.05) is 51.8 Å². The second-order valence-electron chi connectivity index (χ2n) is 7.33. The highest BCUT2D eigenvalue weighted by Gasteiger charge is 2.42. The average Bonchev–Trinajstić information content (AvgIpc) is 2.59. The molecule has 0 aliphatic carbocycles. The molecule has 2 saturated heterocycles. The van der Waals surface area contributed by atoms with E-state index in [4.69, 9.17) is 0 Å². The lowest BCUT2D eigenvalue weighted by Gasteiger charge is -2.43. The van der Waals surface area contributed by atoms with Gasteiger partial charge in [0.05, 0.1) is 17.8 Å². The number of halogens is 4. The normalized spacial score (nSPS) is 29.7. The van der Waals surface area contributed by atoms with E-state index in [9.17, 15) is 28.5 Å². The van der Waals surface area contributed by atoms with Crippen molar-refractivity contribution in [3.8, 4) is 0 Å². The number of anilines is 1. The summed E-state index contributed by atoms with van der Waals surface area (Å²) in [6.45, 7) is 0.171. The van der Waals surface area contributed by atoms with E-state index in [2.05, 4.69) is 4.98 Å². The van der Waals surface area contributed by atoms with Gasteiger partial charge in [0.1, 0.15) is 17.6 Å². The number of β-amino-alcohol motifs (C(OH)–C–C–N with tert-alkyl or cyclic N) is 2. The molecule has 0 bridgehead atoms. The first-order valence-corrected chi connectivity index (χ1v) is 8.82. The minimum atomic E-state index is -4.53. The molecular formula is C17H23F4N3O3. The van der Waals surface area contributed by atoms with Crippen LogP contribution in [0.3, 0.4) is 0 Å². The fraction of sp³-hybridized carbons (Fsp3) is 0.706. The molecule has 3 rings (SSSR count). The molecule has 0 spiro atoms. The topological polar surface area (TPSA) is 80.1 Å². The Hall–Kier alpha value is -1.49. The predicted octanol–water partition coefficient (Wildman–Crippen LogP) is 0.807. The van der Waals surface area contributed by atoms with Crippen LogP contribution in [0.5, 0.6) is 0 Å². The lowest BCUT2D eigenvalue weighted by Crippen LogP contribution is -2.59. The number of hydrogen-bond acceptors (Lipinski definition) is 6. The Bertz CT molecular complexity index is 641. The number of aromatic nitrogens is 1. The van der Waals surface area contributed by atoms with Crippen LogP contribution in [-0.4, -0.2) is 81.9 Å². The van der Waals surface area contributed by atoms with Gasteiger partial charge in [-0.1, -0.05) is 0 Å². The third kappa shape index (κ3) is 4.50. The van der Waals surface area contributed by atoms with Gasteiger partial charge >= 0.3 is 6.18 Å². The molecule has 10 heteroatoms. The van der Waals surface area contributed by atoms with Crippen molar-refractivity contribution in [2.24, 2.45) is 0 Å². The minimum Gasteiger partial charge on any atom is -0.389 e. The van der Waals surface area contributed by atoms with E-state index in [1.54, 1.807) is 4.90 Å². The fourth-order valence-corrected chi connectivity index (χ4v) is 3.75. The summed E-state index contributed by atoms with van der Waals surface area (Å²) in [6, 6.07) is 2.18. The van der Waals surface area contributed by atoms with Crippen LogP contribution in [0.1, 0.15) is 18.4 Å². The van der Waals surface area contributed by atoms with Crippen LogP contribution in [0.2, 0.25) is 0 Å². The molecule has 6 nitrogen and oxygen atoms in total.